The van der Waals surface area contributed by atoms with Crippen molar-refractivity contribution >= 4 is 34.8 Å². The van der Waals surface area contributed by atoms with E-state index in [0.717, 1.165) is 5.69 Å². The van der Waals surface area contributed by atoms with Gasteiger partial charge in [0, 0.05) is 18.6 Å². The predicted octanol–water partition coefficient (Wildman–Crippen LogP) is 1.47. The summed E-state index contributed by atoms with van der Waals surface area (Å²) in [6, 6.07) is 7.10. The summed E-state index contributed by atoms with van der Waals surface area (Å²) in [5.74, 6) is -0.381. The zero-order chi connectivity index (χ0) is 15.4. The molecule has 0 bridgehead atoms. The van der Waals surface area contributed by atoms with Gasteiger partial charge in [0.05, 0.1) is 30.4 Å². The number of halogens is 1. The van der Waals surface area contributed by atoms with Crippen LogP contribution in [-0.2, 0) is 9.59 Å². The third-order valence-corrected chi connectivity index (χ3v) is 3.49. The minimum absolute atomic E-state index is 0.0446. The van der Waals surface area contributed by atoms with Crippen LogP contribution in [-0.4, -0.2) is 43.4 Å². The summed E-state index contributed by atoms with van der Waals surface area (Å²) < 4.78 is 0. The number of nitriles is 1. The highest BCUT2D eigenvalue weighted by Crippen LogP contribution is 2.31. The fourth-order valence-electron chi connectivity index (χ4n) is 2.06. The second kappa shape index (κ2) is 6.46. The molecule has 21 heavy (non-hydrogen) atoms. The Morgan fingerprint density at radius 2 is 2.33 bits per heavy atom. The van der Waals surface area contributed by atoms with Gasteiger partial charge < -0.3 is 10.2 Å². The second-order valence-electron chi connectivity index (χ2n) is 4.72. The molecule has 7 heteroatoms. The van der Waals surface area contributed by atoms with Crippen LogP contribution in [0, 0.1) is 11.3 Å². The van der Waals surface area contributed by atoms with Crippen molar-refractivity contribution in [2.24, 2.45) is 0 Å². The van der Waals surface area contributed by atoms with Crippen molar-refractivity contribution in [2.45, 2.75) is 6.42 Å². The molecule has 0 saturated heterocycles. The van der Waals surface area contributed by atoms with E-state index < -0.39 is 0 Å². The molecule has 2 rings (SSSR count). The van der Waals surface area contributed by atoms with Gasteiger partial charge in [0.1, 0.15) is 6.54 Å². The van der Waals surface area contributed by atoms with Crippen LogP contribution >= 0.6 is 11.6 Å². The fourth-order valence-corrected chi connectivity index (χ4v) is 2.23. The summed E-state index contributed by atoms with van der Waals surface area (Å²) >= 11 is 5.92. The quantitative estimate of drug-likeness (QED) is 0.914. The fraction of sp³-hybridized carbons (Fsp3) is 0.357. The Hall–Kier alpha value is -2.26. The Morgan fingerprint density at radius 3 is 3.05 bits per heavy atom. The first-order valence-corrected chi connectivity index (χ1v) is 6.85. The van der Waals surface area contributed by atoms with Gasteiger partial charge >= 0.3 is 0 Å². The van der Waals surface area contributed by atoms with Gasteiger partial charge in [-0.05, 0) is 18.2 Å². The standard InChI is InChI=1S/C14H15ClN4O2/c1-18(6-2-5-16)14(21)9-19-12-4-3-10(15)7-11(12)17-8-13(19)20/h3-4,7,17H,2,6,8-9H2,1H3. The van der Waals surface area contributed by atoms with Crippen LogP contribution in [0.15, 0.2) is 18.2 Å². The van der Waals surface area contributed by atoms with Crippen LogP contribution < -0.4 is 10.2 Å². The maximum atomic E-state index is 12.1. The lowest BCUT2D eigenvalue weighted by Gasteiger charge is -2.31. The predicted molar refractivity (Wildman–Crippen MR) is 80.2 cm³/mol. The molecule has 1 N–H and O–H groups in total. The Labute approximate surface area is 127 Å². The summed E-state index contributed by atoms with van der Waals surface area (Å²) in [4.78, 5) is 27.0. The molecule has 0 fully saturated rings. The van der Waals surface area contributed by atoms with E-state index in [9.17, 15) is 9.59 Å². The van der Waals surface area contributed by atoms with E-state index in [-0.39, 0.29) is 31.3 Å². The minimum Gasteiger partial charge on any atom is -0.374 e. The van der Waals surface area contributed by atoms with Crippen molar-refractivity contribution in [1.29, 1.82) is 5.26 Å². The largest absolute Gasteiger partial charge is 0.374 e. The number of fused-ring (bicyclic) bond motifs is 1. The van der Waals surface area contributed by atoms with Crippen LogP contribution in [0.1, 0.15) is 6.42 Å². The number of anilines is 2. The average Bonchev–Trinajstić information content (AvgIpc) is 2.47. The number of hydrogen-bond donors (Lipinski definition) is 1. The summed E-state index contributed by atoms with van der Waals surface area (Å²) in [5.41, 5.74) is 1.37. The highest BCUT2D eigenvalue weighted by Gasteiger charge is 2.26. The zero-order valence-corrected chi connectivity index (χ0v) is 12.4. The maximum Gasteiger partial charge on any atom is 0.246 e. The number of likely N-dealkylation sites (N-methyl/N-ethyl adjacent to an activating group) is 1. The van der Waals surface area contributed by atoms with Crippen molar-refractivity contribution < 1.29 is 9.59 Å². The first-order chi connectivity index (χ1) is 10.0. The van der Waals surface area contributed by atoms with Crippen molar-refractivity contribution in [3.8, 4) is 6.07 Å². The molecule has 0 radical (unpaired) electrons. The van der Waals surface area contributed by atoms with Gasteiger partial charge in [-0.2, -0.15) is 5.26 Å². The van der Waals surface area contributed by atoms with E-state index in [0.29, 0.717) is 17.3 Å². The maximum absolute atomic E-state index is 12.1. The molecular formula is C14H15ClN4O2. The van der Waals surface area contributed by atoms with Crippen molar-refractivity contribution in [3.63, 3.8) is 0 Å². The molecule has 1 heterocycles. The van der Waals surface area contributed by atoms with Gasteiger partial charge in [-0.25, -0.2) is 0 Å². The third-order valence-electron chi connectivity index (χ3n) is 3.26. The topological polar surface area (TPSA) is 76.4 Å². The van der Waals surface area contributed by atoms with E-state index >= 15 is 0 Å². The normalized spacial score (nSPS) is 13.2. The number of carbonyl (C=O) groups is 2. The average molecular weight is 307 g/mol. The van der Waals surface area contributed by atoms with E-state index in [4.69, 9.17) is 16.9 Å². The molecule has 0 unspecified atom stereocenters. The molecule has 0 spiro atoms. The summed E-state index contributed by atoms with van der Waals surface area (Å²) in [7, 11) is 1.62. The van der Waals surface area contributed by atoms with Gasteiger partial charge in [0.25, 0.3) is 0 Å². The Balaban J connectivity index is 2.15. The molecule has 1 aromatic carbocycles. The smallest absolute Gasteiger partial charge is 0.246 e. The van der Waals surface area contributed by atoms with Gasteiger partial charge in [0.2, 0.25) is 11.8 Å². The number of benzene rings is 1. The van der Waals surface area contributed by atoms with Gasteiger partial charge in [-0.1, -0.05) is 11.6 Å². The summed E-state index contributed by atoms with van der Waals surface area (Å²) in [6.45, 7) is 0.433. The van der Waals surface area contributed by atoms with E-state index in [1.807, 2.05) is 6.07 Å². The lowest BCUT2D eigenvalue weighted by atomic mass is 10.2. The number of rotatable bonds is 4. The molecule has 0 saturated carbocycles. The molecule has 0 atom stereocenters. The highest BCUT2D eigenvalue weighted by molar-refractivity contribution is 6.31. The molecule has 6 nitrogen and oxygen atoms in total. The van der Waals surface area contributed by atoms with Gasteiger partial charge in [0.15, 0.2) is 0 Å². The third kappa shape index (κ3) is 3.44. The molecule has 110 valence electrons. The number of carbonyl (C=O) groups excluding carboxylic acids is 2. The van der Waals surface area contributed by atoms with Crippen LogP contribution in [0.4, 0.5) is 11.4 Å². The molecular weight excluding hydrogens is 292 g/mol. The van der Waals surface area contributed by atoms with Crippen molar-refractivity contribution in [2.75, 3.05) is 36.9 Å². The van der Waals surface area contributed by atoms with E-state index in [2.05, 4.69) is 5.32 Å². The Bertz CT molecular complexity index is 611. The van der Waals surface area contributed by atoms with Crippen LogP contribution in [0.25, 0.3) is 0 Å². The SMILES string of the molecule is CN(CCC#N)C(=O)CN1C(=O)CNc2cc(Cl)ccc21. The molecule has 1 aliphatic heterocycles. The van der Waals surface area contributed by atoms with Gasteiger partial charge in [-0.3, -0.25) is 14.5 Å². The first-order valence-electron chi connectivity index (χ1n) is 6.47. The number of hydrogen-bond acceptors (Lipinski definition) is 4. The molecule has 0 aromatic heterocycles. The Morgan fingerprint density at radius 1 is 1.57 bits per heavy atom. The molecule has 1 aromatic rings. The Kier molecular flexibility index (Phi) is 4.66. The first kappa shape index (κ1) is 15.1. The molecule has 1 aliphatic rings. The van der Waals surface area contributed by atoms with Crippen LogP contribution in [0.3, 0.4) is 0 Å². The molecule has 0 aliphatic carbocycles. The second-order valence-corrected chi connectivity index (χ2v) is 5.15. The van der Waals surface area contributed by atoms with Crippen LogP contribution in [0.5, 0.6) is 0 Å². The van der Waals surface area contributed by atoms with E-state index in [1.165, 1.54) is 9.80 Å². The lowest BCUT2D eigenvalue weighted by molar-refractivity contribution is -0.130. The number of amides is 2. The summed E-state index contributed by atoms with van der Waals surface area (Å²) in [6.07, 6.45) is 0.268. The summed E-state index contributed by atoms with van der Waals surface area (Å²) in [5, 5.41) is 12.1. The van der Waals surface area contributed by atoms with Crippen molar-refractivity contribution in [1.82, 2.24) is 4.90 Å². The van der Waals surface area contributed by atoms with E-state index in [1.54, 1.807) is 25.2 Å². The van der Waals surface area contributed by atoms with Crippen LogP contribution in [0.2, 0.25) is 5.02 Å². The highest BCUT2D eigenvalue weighted by atomic mass is 35.5. The van der Waals surface area contributed by atoms with Gasteiger partial charge in [-0.15, -0.1) is 0 Å². The van der Waals surface area contributed by atoms with Crippen molar-refractivity contribution in [3.05, 3.63) is 23.2 Å². The zero-order valence-electron chi connectivity index (χ0n) is 11.6. The number of nitrogens with one attached hydrogen (secondary N) is 1. The lowest BCUT2D eigenvalue weighted by Crippen LogP contribution is -2.46. The monoisotopic (exact) mass is 306 g/mol. The minimum atomic E-state index is -0.207. The number of nitrogens with zero attached hydrogens (tertiary/aromatic N) is 3. The molecule has 2 amide bonds.